The summed E-state index contributed by atoms with van der Waals surface area (Å²) in [7, 11) is 6.73. The molecule has 1 aromatic carbocycles. The number of piperidine rings is 1. The second-order valence-electron chi connectivity index (χ2n) is 9.74. The van der Waals surface area contributed by atoms with Crippen LogP contribution in [-0.2, 0) is 14.1 Å². The molecule has 192 valence electrons. The van der Waals surface area contributed by atoms with E-state index in [1.54, 1.807) is 33.0 Å². The Bertz CT molecular complexity index is 1310. The second-order valence-corrected chi connectivity index (χ2v) is 9.74. The van der Waals surface area contributed by atoms with E-state index in [0.717, 1.165) is 49.9 Å². The smallest absolute Gasteiger partial charge is 0.345 e. The molecule has 10 heteroatoms. The summed E-state index contributed by atoms with van der Waals surface area (Å²) in [4.78, 5) is 28.1. The molecule has 1 aliphatic heterocycles. The molecular weight excluding hydrogens is 460 g/mol. The highest BCUT2D eigenvalue weighted by Gasteiger charge is 2.32. The number of carbonyl (C=O) groups excluding carboxylic acids is 1. The van der Waals surface area contributed by atoms with E-state index in [1.807, 2.05) is 33.7 Å². The molecule has 3 aromatic rings. The average Bonchev–Trinajstić information content (AvgIpc) is 3.63. The van der Waals surface area contributed by atoms with Gasteiger partial charge in [0.2, 0.25) is 0 Å². The van der Waals surface area contributed by atoms with E-state index in [-0.39, 0.29) is 23.6 Å². The fourth-order valence-electron chi connectivity index (χ4n) is 5.60. The monoisotopic (exact) mass is 494 g/mol. The molecule has 1 saturated heterocycles. The van der Waals surface area contributed by atoms with Gasteiger partial charge >= 0.3 is 5.69 Å². The summed E-state index contributed by atoms with van der Waals surface area (Å²) < 4.78 is 15.9. The van der Waals surface area contributed by atoms with Gasteiger partial charge in [0.1, 0.15) is 23.0 Å². The van der Waals surface area contributed by atoms with Gasteiger partial charge in [0, 0.05) is 44.7 Å². The molecule has 2 aliphatic rings. The maximum absolute atomic E-state index is 13.5. The average molecular weight is 495 g/mol. The molecule has 2 aromatic heterocycles. The molecule has 1 amide bonds. The van der Waals surface area contributed by atoms with Gasteiger partial charge in [0.15, 0.2) is 0 Å². The molecule has 3 heterocycles. The Morgan fingerprint density at radius 1 is 0.944 bits per heavy atom. The molecule has 0 radical (unpaired) electrons. The zero-order chi connectivity index (χ0) is 25.4. The van der Waals surface area contributed by atoms with Crippen LogP contribution in [0.3, 0.4) is 0 Å². The van der Waals surface area contributed by atoms with E-state index in [4.69, 9.17) is 9.47 Å². The van der Waals surface area contributed by atoms with Crippen LogP contribution in [0.15, 0.2) is 29.1 Å². The number of aryl methyl sites for hydroxylation is 2. The number of methoxy groups -OCH3 is 2. The van der Waals surface area contributed by atoms with Crippen LogP contribution in [0.2, 0.25) is 0 Å². The van der Waals surface area contributed by atoms with Crippen molar-refractivity contribution in [3.05, 3.63) is 46.3 Å². The number of hydrogen-bond acceptors (Lipinski definition) is 6. The van der Waals surface area contributed by atoms with Crippen molar-refractivity contribution in [1.82, 2.24) is 29.0 Å². The molecule has 1 aliphatic carbocycles. The van der Waals surface area contributed by atoms with Gasteiger partial charge in [-0.15, -0.1) is 0 Å². The highest BCUT2D eigenvalue weighted by molar-refractivity contribution is 5.94. The zero-order valence-electron chi connectivity index (χ0n) is 21.4. The van der Waals surface area contributed by atoms with Crippen molar-refractivity contribution < 1.29 is 14.3 Å². The van der Waals surface area contributed by atoms with Crippen molar-refractivity contribution in [2.24, 2.45) is 14.1 Å². The number of benzene rings is 1. The van der Waals surface area contributed by atoms with E-state index in [2.05, 4.69) is 10.2 Å². The second kappa shape index (κ2) is 9.83. The van der Waals surface area contributed by atoms with Crippen molar-refractivity contribution in [2.75, 3.05) is 27.3 Å². The lowest BCUT2D eigenvalue weighted by molar-refractivity contribution is 0.0698. The van der Waals surface area contributed by atoms with Gasteiger partial charge in [-0.1, -0.05) is 12.8 Å². The van der Waals surface area contributed by atoms with Crippen molar-refractivity contribution in [3.8, 4) is 22.8 Å². The molecule has 2 fully saturated rings. The van der Waals surface area contributed by atoms with E-state index in [1.165, 1.54) is 4.68 Å². The van der Waals surface area contributed by atoms with Crippen LogP contribution in [-0.4, -0.2) is 62.2 Å². The van der Waals surface area contributed by atoms with Crippen LogP contribution in [0, 0.1) is 0 Å². The summed E-state index contributed by atoms with van der Waals surface area (Å²) in [6.45, 7) is 1.23. The van der Waals surface area contributed by atoms with Gasteiger partial charge in [0.05, 0.1) is 19.9 Å². The molecule has 1 saturated carbocycles. The Kier molecular flexibility index (Phi) is 6.59. The summed E-state index contributed by atoms with van der Waals surface area (Å²) in [5, 5.41) is 9.21. The Morgan fingerprint density at radius 2 is 1.67 bits per heavy atom. The van der Waals surface area contributed by atoms with Crippen molar-refractivity contribution >= 4 is 5.91 Å². The first-order valence-corrected chi connectivity index (χ1v) is 12.6. The van der Waals surface area contributed by atoms with Gasteiger partial charge in [-0.2, -0.15) is 10.2 Å². The number of ether oxygens (including phenoxy) is 2. The fraction of sp³-hybridized carbons (Fsp3) is 0.538. The van der Waals surface area contributed by atoms with Crippen molar-refractivity contribution in [1.29, 1.82) is 0 Å². The number of rotatable bonds is 6. The Labute approximate surface area is 210 Å². The number of hydrogen-bond donors (Lipinski definition) is 0. The molecule has 0 atom stereocenters. The minimum Gasteiger partial charge on any atom is -0.497 e. The predicted molar refractivity (Wildman–Crippen MR) is 135 cm³/mol. The summed E-state index contributed by atoms with van der Waals surface area (Å²) in [5.74, 6) is 2.36. The SMILES string of the molecule is COc1ccc(OC)c(-c2cc(C(=O)N3CCC(c4nn(C)c(=O)n4C4CCCC4)CC3)n(C)n2)c1. The Balaban J connectivity index is 1.33. The van der Waals surface area contributed by atoms with Crippen molar-refractivity contribution in [3.63, 3.8) is 0 Å². The minimum atomic E-state index is -0.0502. The lowest BCUT2D eigenvalue weighted by atomic mass is 9.95. The third kappa shape index (κ3) is 4.29. The molecule has 5 rings (SSSR count). The summed E-state index contributed by atoms with van der Waals surface area (Å²) in [5.41, 5.74) is 1.92. The van der Waals surface area contributed by atoms with Crippen molar-refractivity contribution in [2.45, 2.75) is 50.5 Å². The summed E-state index contributed by atoms with van der Waals surface area (Å²) >= 11 is 0. The van der Waals surface area contributed by atoms with Gasteiger partial charge in [-0.05, 0) is 49.9 Å². The summed E-state index contributed by atoms with van der Waals surface area (Å²) in [6.07, 6.45) is 5.96. The lowest BCUT2D eigenvalue weighted by Gasteiger charge is -2.32. The molecule has 10 nitrogen and oxygen atoms in total. The third-order valence-corrected chi connectivity index (χ3v) is 7.60. The third-order valence-electron chi connectivity index (χ3n) is 7.60. The van der Waals surface area contributed by atoms with Crippen LogP contribution in [0.1, 0.15) is 66.8 Å². The van der Waals surface area contributed by atoms with Gasteiger partial charge in [0.25, 0.3) is 5.91 Å². The topological polar surface area (TPSA) is 96.4 Å². The number of carbonyl (C=O) groups is 1. The highest BCUT2D eigenvalue weighted by Crippen LogP contribution is 2.35. The number of likely N-dealkylation sites (tertiary alicyclic amines) is 1. The predicted octanol–water partition coefficient (Wildman–Crippen LogP) is 3.13. The maximum Gasteiger partial charge on any atom is 0.345 e. The lowest BCUT2D eigenvalue weighted by Crippen LogP contribution is -2.39. The number of aromatic nitrogens is 5. The zero-order valence-corrected chi connectivity index (χ0v) is 21.4. The highest BCUT2D eigenvalue weighted by atomic mass is 16.5. The number of nitrogens with zero attached hydrogens (tertiary/aromatic N) is 6. The van der Waals surface area contributed by atoms with Gasteiger partial charge in [-0.25, -0.2) is 9.48 Å². The van der Waals surface area contributed by atoms with E-state index in [9.17, 15) is 9.59 Å². The number of amides is 1. The first-order valence-electron chi connectivity index (χ1n) is 12.6. The van der Waals surface area contributed by atoms with E-state index >= 15 is 0 Å². The standard InChI is InChI=1S/C26H34N6O4/c1-29-22(16-21(27-29)20-15-19(35-3)9-10-23(20)36-4)25(33)31-13-11-17(12-14-31)24-28-30(2)26(34)32(24)18-7-5-6-8-18/h9-10,15-18H,5-8,11-14H2,1-4H3. The molecule has 0 spiro atoms. The fourth-order valence-corrected chi connectivity index (χ4v) is 5.60. The van der Waals surface area contributed by atoms with Crippen LogP contribution in [0.25, 0.3) is 11.3 Å². The molecule has 36 heavy (non-hydrogen) atoms. The van der Waals surface area contributed by atoms with E-state index in [0.29, 0.717) is 36.0 Å². The minimum absolute atomic E-state index is 0.0224. The normalized spacial score (nSPS) is 17.1. The molecular formula is C26H34N6O4. The Morgan fingerprint density at radius 3 is 2.33 bits per heavy atom. The van der Waals surface area contributed by atoms with Crippen LogP contribution in [0.5, 0.6) is 11.5 Å². The van der Waals surface area contributed by atoms with Gasteiger partial charge < -0.3 is 14.4 Å². The first-order chi connectivity index (χ1) is 17.4. The van der Waals surface area contributed by atoms with Gasteiger partial charge in [-0.3, -0.25) is 14.0 Å². The van der Waals surface area contributed by atoms with Crippen LogP contribution in [0.4, 0.5) is 0 Å². The van der Waals surface area contributed by atoms with E-state index < -0.39 is 0 Å². The molecule has 0 unspecified atom stereocenters. The molecule has 0 N–H and O–H groups in total. The Hall–Kier alpha value is -3.56. The summed E-state index contributed by atoms with van der Waals surface area (Å²) in [6, 6.07) is 7.58. The first kappa shape index (κ1) is 24.1. The van der Waals surface area contributed by atoms with Crippen LogP contribution >= 0.6 is 0 Å². The maximum atomic E-state index is 13.5. The molecule has 0 bridgehead atoms. The quantitative estimate of drug-likeness (QED) is 0.522. The largest absolute Gasteiger partial charge is 0.497 e. The van der Waals surface area contributed by atoms with Crippen LogP contribution < -0.4 is 15.2 Å².